The molecule has 2 aromatic carbocycles. The standard InChI is InChI=1S/C24H28N2O2/c1-24(2,25)14-15-12-21(27-3)22(28-4)13-18(15)23-16-8-5-6-10-19(16)26-20-11-7-9-17(20)23/h5-6,8,10,12-13H,7,9,11,14,25H2,1-4H3. The van der Waals surface area contributed by atoms with Crippen LogP contribution in [0.25, 0.3) is 22.0 Å². The largest absolute Gasteiger partial charge is 0.493 e. The van der Waals surface area contributed by atoms with E-state index >= 15 is 0 Å². The molecule has 0 aliphatic heterocycles. The third kappa shape index (κ3) is 3.33. The Morgan fingerprint density at radius 2 is 1.75 bits per heavy atom. The summed E-state index contributed by atoms with van der Waals surface area (Å²) in [5.41, 5.74) is 13.3. The normalized spacial score (nSPS) is 13.6. The molecule has 0 atom stereocenters. The zero-order chi connectivity index (χ0) is 19.9. The summed E-state index contributed by atoms with van der Waals surface area (Å²) in [6.45, 7) is 4.12. The lowest BCUT2D eigenvalue weighted by atomic mass is 9.86. The number of para-hydroxylation sites is 1. The molecule has 1 aliphatic carbocycles. The third-order valence-electron chi connectivity index (χ3n) is 5.44. The number of ether oxygens (including phenoxy) is 2. The summed E-state index contributed by atoms with van der Waals surface area (Å²) in [7, 11) is 3.36. The average Bonchev–Trinajstić information content (AvgIpc) is 3.12. The van der Waals surface area contributed by atoms with Gasteiger partial charge in [-0.3, -0.25) is 4.98 Å². The van der Waals surface area contributed by atoms with E-state index in [9.17, 15) is 0 Å². The maximum Gasteiger partial charge on any atom is 0.161 e. The second-order valence-electron chi connectivity index (χ2n) is 8.31. The Hall–Kier alpha value is -2.59. The van der Waals surface area contributed by atoms with Gasteiger partial charge in [-0.25, -0.2) is 0 Å². The quantitative estimate of drug-likeness (QED) is 0.702. The number of fused-ring (bicyclic) bond motifs is 2. The number of hydrogen-bond acceptors (Lipinski definition) is 4. The molecule has 0 fully saturated rings. The summed E-state index contributed by atoms with van der Waals surface area (Å²) in [5, 5.41) is 1.19. The Morgan fingerprint density at radius 3 is 2.46 bits per heavy atom. The monoisotopic (exact) mass is 376 g/mol. The highest BCUT2D eigenvalue weighted by Gasteiger charge is 2.25. The number of rotatable bonds is 5. The van der Waals surface area contributed by atoms with Crippen LogP contribution >= 0.6 is 0 Å². The van der Waals surface area contributed by atoms with Crippen LogP contribution in [0, 0.1) is 0 Å². The molecule has 3 aromatic rings. The molecule has 0 bridgehead atoms. The van der Waals surface area contributed by atoms with Crippen molar-refractivity contribution in [2.45, 2.75) is 45.1 Å². The minimum atomic E-state index is -0.333. The van der Waals surface area contributed by atoms with E-state index in [2.05, 4.69) is 50.2 Å². The van der Waals surface area contributed by atoms with Crippen LogP contribution in [0.5, 0.6) is 11.5 Å². The lowest BCUT2D eigenvalue weighted by molar-refractivity contribution is 0.354. The Morgan fingerprint density at radius 1 is 1.04 bits per heavy atom. The van der Waals surface area contributed by atoms with Crippen molar-refractivity contribution < 1.29 is 9.47 Å². The van der Waals surface area contributed by atoms with Crippen LogP contribution in [0.4, 0.5) is 0 Å². The molecular formula is C24H28N2O2. The lowest BCUT2D eigenvalue weighted by Crippen LogP contribution is -2.34. The first-order valence-electron chi connectivity index (χ1n) is 9.86. The van der Waals surface area contributed by atoms with E-state index < -0.39 is 0 Å². The van der Waals surface area contributed by atoms with Gasteiger partial charge in [0.05, 0.1) is 19.7 Å². The fourth-order valence-corrected chi connectivity index (χ4v) is 4.31. The molecule has 1 aromatic heterocycles. The number of nitrogens with zero attached hydrogens (tertiary/aromatic N) is 1. The molecule has 0 unspecified atom stereocenters. The maximum absolute atomic E-state index is 6.42. The summed E-state index contributed by atoms with van der Waals surface area (Å²) in [6, 6.07) is 12.6. The molecule has 28 heavy (non-hydrogen) atoms. The lowest BCUT2D eigenvalue weighted by Gasteiger charge is -2.24. The van der Waals surface area contributed by atoms with E-state index in [-0.39, 0.29) is 5.54 Å². The van der Waals surface area contributed by atoms with Crippen LogP contribution < -0.4 is 15.2 Å². The number of hydrogen-bond donors (Lipinski definition) is 1. The molecule has 4 heteroatoms. The van der Waals surface area contributed by atoms with Crippen molar-refractivity contribution in [2.24, 2.45) is 5.73 Å². The topological polar surface area (TPSA) is 57.4 Å². The molecule has 2 N–H and O–H groups in total. The summed E-state index contributed by atoms with van der Waals surface area (Å²) in [5.74, 6) is 1.48. The van der Waals surface area contributed by atoms with Crippen molar-refractivity contribution in [1.82, 2.24) is 4.98 Å². The predicted octanol–water partition coefficient (Wildman–Crippen LogP) is 4.69. The van der Waals surface area contributed by atoms with Gasteiger partial charge < -0.3 is 15.2 Å². The molecule has 1 aliphatic rings. The van der Waals surface area contributed by atoms with E-state index in [1.165, 1.54) is 33.3 Å². The van der Waals surface area contributed by atoms with Crippen molar-refractivity contribution in [3.05, 3.63) is 53.2 Å². The van der Waals surface area contributed by atoms with Gasteiger partial charge in [0.25, 0.3) is 0 Å². The zero-order valence-corrected chi connectivity index (χ0v) is 17.1. The minimum absolute atomic E-state index is 0.333. The van der Waals surface area contributed by atoms with Gasteiger partial charge in [-0.05, 0) is 80.0 Å². The summed E-state index contributed by atoms with van der Waals surface area (Å²) in [4.78, 5) is 4.94. The highest BCUT2D eigenvalue weighted by atomic mass is 16.5. The molecule has 0 saturated carbocycles. The SMILES string of the molecule is COc1cc(CC(C)(C)N)c(-c2c3c(nc4ccccc24)CCC3)cc1OC. The number of methoxy groups -OCH3 is 2. The van der Waals surface area contributed by atoms with E-state index in [0.29, 0.717) is 0 Å². The van der Waals surface area contributed by atoms with Crippen molar-refractivity contribution >= 4 is 10.9 Å². The van der Waals surface area contributed by atoms with Crippen LogP contribution in [0.2, 0.25) is 0 Å². The van der Waals surface area contributed by atoms with Gasteiger partial charge in [0.2, 0.25) is 0 Å². The second-order valence-corrected chi connectivity index (χ2v) is 8.31. The van der Waals surface area contributed by atoms with Gasteiger partial charge in [0, 0.05) is 16.6 Å². The predicted molar refractivity (Wildman–Crippen MR) is 114 cm³/mol. The summed E-state index contributed by atoms with van der Waals surface area (Å²) in [6.07, 6.45) is 3.99. The first-order valence-corrected chi connectivity index (χ1v) is 9.86. The van der Waals surface area contributed by atoms with Gasteiger partial charge in [-0.15, -0.1) is 0 Å². The second kappa shape index (κ2) is 7.10. The number of aryl methyl sites for hydroxylation is 1. The van der Waals surface area contributed by atoms with Gasteiger partial charge in [0.15, 0.2) is 11.5 Å². The molecule has 0 spiro atoms. The molecule has 4 nitrogen and oxygen atoms in total. The van der Waals surface area contributed by atoms with E-state index in [1.54, 1.807) is 14.2 Å². The third-order valence-corrected chi connectivity index (χ3v) is 5.44. The Bertz CT molecular complexity index is 1030. The Balaban J connectivity index is 2.06. The smallest absolute Gasteiger partial charge is 0.161 e. The van der Waals surface area contributed by atoms with E-state index in [0.717, 1.165) is 42.7 Å². The van der Waals surface area contributed by atoms with Crippen LogP contribution in [0.3, 0.4) is 0 Å². The minimum Gasteiger partial charge on any atom is -0.493 e. The highest BCUT2D eigenvalue weighted by molar-refractivity contribution is 5.98. The Kier molecular flexibility index (Phi) is 4.76. The van der Waals surface area contributed by atoms with Gasteiger partial charge in [-0.2, -0.15) is 0 Å². The highest BCUT2D eigenvalue weighted by Crippen LogP contribution is 2.43. The number of pyridine rings is 1. The number of benzene rings is 2. The van der Waals surface area contributed by atoms with Gasteiger partial charge in [-0.1, -0.05) is 18.2 Å². The summed E-state index contributed by atoms with van der Waals surface area (Å²) < 4.78 is 11.2. The zero-order valence-electron chi connectivity index (χ0n) is 17.1. The van der Waals surface area contributed by atoms with Crippen LogP contribution in [0.15, 0.2) is 36.4 Å². The first-order chi connectivity index (χ1) is 13.4. The van der Waals surface area contributed by atoms with E-state index in [1.807, 2.05) is 0 Å². The van der Waals surface area contributed by atoms with Crippen molar-refractivity contribution in [3.63, 3.8) is 0 Å². The molecule has 0 saturated heterocycles. The molecule has 146 valence electrons. The molecular weight excluding hydrogens is 348 g/mol. The number of aromatic nitrogens is 1. The average molecular weight is 377 g/mol. The van der Waals surface area contributed by atoms with E-state index in [4.69, 9.17) is 20.2 Å². The fourth-order valence-electron chi connectivity index (χ4n) is 4.31. The molecule has 0 amide bonds. The summed E-state index contributed by atoms with van der Waals surface area (Å²) >= 11 is 0. The van der Waals surface area contributed by atoms with Crippen molar-refractivity contribution in [3.8, 4) is 22.6 Å². The molecule has 0 radical (unpaired) electrons. The van der Waals surface area contributed by atoms with Gasteiger partial charge in [0.1, 0.15) is 0 Å². The maximum atomic E-state index is 6.42. The molecule has 4 rings (SSSR count). The van der Waals surface area contributed by atoms with Crippen LogP contribution in [-0.4, -0.2) is 24.7 Å². The van der Waals surface area contributed by atoms with Crippen molar-refractivity contribution in [2.75, 3.05) is 14.2 Å². The fraction of sp³-hybridized carbons (Fsp3) is 0.375. The Labute approximate surface area is 166 Å². The van der Waals surface area contributed by atoms with Crippen LogP contribution in [0.1, 0.15) is 37.1 Å². The van der Waals surface area contributed by atoms with Crippen molar-refractivity contribution in [1.29, 1.82) is 0 Å². The van der Waals surface area contributed by atoms with Gasteiger partial charge >= 0.3 is 0 Å². The van der Waals surface area contributed by atoms with Crippen LogP contribution in [-0.2, 0) is 19.3 Å². The molecule has 1 heterocycles. The number of nitrogens with two attached hydrogens (primary N) is 1. The first kappa shape index (κ1) is 18.8.